The number of alkyl halides is 1. The molecule has 0 aliphatic carbocycles. The quantitative estimate of drug-likeness (QED) is 0.821. The zero-order chi connectivity index (χ0) is 9.84. The first-order valence-electron chi connectivity index (χ1n) is 4.26. The lowest BCUT2D eigenvalue weighted by Gasteiger charge is -2.11. The minimum Gasteiger partial charge on any atom is -0.508 e. The van der Waals surface area contributed by atoms with Gasteiger partial charge in [0.15, 0.2) is 0 Å². The van der Waals surface area contributed by atoms with Crippen molar-refractivity contribution in [1.29, 1.82) is 0 Å². The predicted octanol–water partition coefficient (Wildman–Crippen LogP) is 2.48. The Morgan fingerprint density at radius 1 is 1.50 bits per heavy atom. The number of hydrogen-bond acceptors (Lipinski definition) is 2. The maximum Gasteiger partial charge on any atom is 0.120 e. The van der Waals surface area contributed by atoms with Crippen molar-refractivity contribution in [3.05, 3.63) is 29.3 Å². The largest absolute Gasteiger partial charge is 0.508 e. The summed E-state index contributed by atoms with van der Waals surface area (Å²) in [7, 11) is 0. The molecule has 14 heavy (non-hydrogen) atoms. The van der Waals surface area contributed by atoms with E-state index in [1.807, 2.05) is 13.0 Å². The molecule has 0 aliphatic heterocycles. The van der Waals surface area contributed by atoms with Crippen LogP contribution in [0.2, 0.25) is 0 Å². The van der Waals surface area contributed by atoms with Crippen LogP contribution in [-0.4, -0.2) is 11.8 Å². The predicted molar refractivity (Wildman–Crippen MR) is 57.6 cm³/mol. The van der Waals surface area contributed by atoms with E-state index in [1.165, 1.54) is 0 Å². The Kier molecular flexibility index (Phi) is 5.50. The van der Waals surface area contributed by atoms with E-state index in [4.69, 9.17) is 5.73 Å². The Hall–Kier alpha value is -0.800. The lowest BCUT2D eigenvalue weighted by molar-refractivity contribution is 0.424. The summed E-state index contributed by atoms with van der Waals surface area (Å²) >= 11 is 0. The Morgan fingerprint density at radius 2 is 2.14 bits per heavy atom. The second-order valence-corrected chi connectivity index (χ2v) is 3.15. The van der Waals surface area contributed by atoms with Crippen LogP contribution in [0.5, 0.6) is 5.75 Å². The van der Waals surface area contributed by atoms with Gasteiger partial charge in [-0.1, -0.05) is 12.1 Å². The molecular formula is C10H15ClFNO. The van der Waals surface area contributed by atoms with Gasteiger partial charge in [-0.2, -0.15) is 0 Å². The summed E-state index contributed by atoms with van der Waals surface area (Å²) in [6.45, 7) is 1.42. The van der Waals surface area contributed by atoms with Crippen LogP contribution < -0.4 is 5.73 Å². The topological polar surface area (TPSA) is 46.2 Å². The molecule has 0 unspecified atom stereocenters. The van der Waals surface area contributed by atoms with E-state index >= 15 is 0 Å². The maximum atomic E-state index is 12.0. The van der Waals surface area contributed by atoms with Crippen LogP contribution in [0.25, 0.3) is 0 Å². The smallest absolute Gasteiger partial charge is 0.120 e. The summed E-state index contributed by atoms with van der Waals surface area (Å²) in [5.41, 5.74) is 7.24. The SMILES string of the molecule is Cc1ccc([C@H](N)CCF)c(O)c1.Cl. The summed E-state index contributed by atoms with van der Waals surface area (Å²) in [5.74, 6) is 0.154. The molecule has 1 aromatic rings. The summed E-state index contributed by atoms with van der Waals surface area (Å²) in [6.07, 6.45) is 0.247. The third-order valence-electron chi connectivity index (χ3n) is 2.01. The Labute approximate surface area is 89.3 Å². The molecule has 0 fully saturated rings. The van der Waals surface area contributed by atoms with Crippen LogP contribution in [0.4, 0.5) is 4.39 Å². The third kappa shape index (κ3) is 3.16. The number of benzene rings is 1. The number of aryl methyl sites for hydroxylation is 1. The zero-order valence-corrected chi connectivity index (χ0v) is 8.85. The highest BCUT2D eigenvalue weighted by molar-refractivity contribution is 5.85. The number of phenols is 1. The van der Waals surface area contributed by atoms with Gasteiger partial charge in [0.05, 0.1) is 6.67 Å². The molecular weight excluding hydrogens is 205 g/mol. The molecule has 2 nitrogen and oxygen atoms in total. The Morgan fingerprint density at radius 3 is 2.64 bits per heavy atom. The summed E-state index contributed by atoms with van der Waals surface area (Å²) in [4.78, 5) is 0. The maximum absolute atomic E-state index is 12.0. The van der Waals surface area contributed by atoms with Gasteiger partial charge in [0, 0.05) is 11.6 Å². The van der Waals surface area contributed by atoms with Crippen LogP contribution in [0.3, 0.4) is 0 Å². The highest BCUT2D eigenvalue weighted by Crippen LogP contribution is 2.25. The number of halogens is 2. The average molecular weight is 220 g/mol. The van der Waals surface area contributed by atoms with Gasteiger partial charge in [0.1, 0.15) is 5.75 Å². The fourth-order valence-corrected chi connectivity index (χ4v) is 1.24. The highest BCUT2D eigenvalue weighted by atomic mass is 35.5. The van der Waals surface area contributed by atoms with Crippen LogP contribution in [0.1, 0.15) is 23.6 Å². The first-order valence-corrected chi connectivity index (χ1v) is 4.26. The fourth-order valence-electron chi connectivity index (χ4n) is 1.24. The number of phenolic OH excluding ortho intramolecular Hbond substituents is 1. The van der Waals surface area contributed by atoms with E-state index in [-0.39, 0.29) is 24.6 Å². The molecule has 0 saturated carbocycles. The number of hydrogen-bond donors (Lipinski definition) is 2. The first-order chi connectivity index (χ1) is 6.15. The van der Waals surface area contributed by atoms with Crippen LogP contribution in [0, 0.1) is 6.92 Å². The van der Waals surface area contributed by atoms with Gasteiger partial charge >= 0.3 is 0 Å². The summed E-state index contributed by atoms with van der Waals surface area (Å²) < 4.78 is 12.0. The van der Waals surface area contributed by atoms with Crippen molar-refractivity contribution < 1.29 is 9.50 Å². The zero-order valence-electron chi connectivity index (χ0n) is 8.03. The molecule has 3 N–H and O–H groups in total. The van der Waals surface area contributed by atoms with E-state index < -0.39 is 12.7 Å². The standard InChI is InChI=1S/C10H14FNO.ClH/c1-7-2-3-8(10(13)6-7)9(12)4-5-11;/h2-3,6,9,13H,4-5,12H2,1H3;1H/t9-;/m1./s1. The Bertz CT molecular complexity index is 293. The molecule has 1 atom stereocenters. The molecule has 0 aliphatic rings. The van der Waals surface area contributed by atoms with Gasteiger partial charge in [-0.05, 0) is 25.0 Å². The molecule has 0 aromatic heterocycles. The second kappa shape index (κ2) is 5.83. The molecule has 0 bridgehead atoms. The molecule has 80 valence electrons. The van der Waals surface area contributed by atoms with Gasteiger partial charge in [0.25, 0.3) is 0 Å². The monoisotopic (exact) mass is 219 g/mol. The Balaban J connectivity index is 0.00000169. The number of aromatic hydroxyl groups is 1. The van der Waals surface area contributed by atoms with E-state index in [1.54, 1.807) is 12.1 Å². The average Bonchev–Trinajstić information content (AvgIpc) is 2.04. The van der Waals surface area contributed by atoms with Crippen LogP contribution in [-0.2, 0) is 0 Å². The van der Waals surface area contributed by atoms with Gasteiger partial charge < -0.3 is 10.8 Å². The van der Waals surface area contributed by atoms with Gasteiger partial charge in [-0.15, -0.1) is 12.4 Å². The first kappa shape index (κ1) is 13.2. The number of nitrogens with two attached hydrogens (primary N) is 1. The highest BCUT2D eigenvalue weighted by Gasteiger charge is 2.09. The lowest BCUT2D eigenvalue weighted by Crippen LogP contribution is -2.11. The van der Waals surface area contributed by atoms with Crippen LogP contribution >= 0.6 is 12.4 Å². The van der Waals surface area contributed by atoms with Crippen molar-refractivity contribution in [3.63, 3.8) is 0 Å². The van der Waals surface area contributed by atoms with E-state index in [2.05, 4.69) is 0 Å². The molecule has 0 spiro atoms. The van der Waals surface area contributed by atoms with Crippen molar-refractivity contribution in [2.45, 2.75) is 19.4 Å². The normalized spacial score (nSPS) is 11.9. The van der Waals surface area contributed by atoms with Crippen molar-refractivity contribution >= 4 is 12.4 Å². The molecule has 4 heteroatoms. The van der Waals surface area contributed by atoms with Gasteiger partial charge in [0.2, 0.25) is 0 Å². The lowest BCUT2D eigenvalue weighted by atomic mass is 10.0. The summed E-state index contributed by atoms with van der Waals surface area (Å²) in [6, 6.07) is 4.82. The van der Waals surface area contributed by atoms with Crippen molar-refractivity contribution in [1.82, 2.24) is 0 Å². The van der Waals surface area contributed by atoms with Crippen molar-refractivity contribution in [2.75, 3.05) is 6.67 Å². The minimum absolute atomic E-state index is 0. The molecule has 1 aromatic carbocycles. The van der Waals surface area contributed by atoms with E-state index in [9.17, 15) is 9.50 Å². The van der Waals surface area contributed by atoms with E-state index in [0.717, 1.165) is 5.56 Å². The molecule has 0 radical (unpaired) electrons. The third-order valence-corrected chi connectivity index (χ3v) is 2.01. The molecule has 1 rings (SSSR count). The van der Waals surface area contributed by atoms with E-state index in [0.29, 0.717) is 5.56 Å². The number of rotatable bonds is 3. The second-order valence-electron chi connectivity index (χ2n) is 3.15. The van der Waals surface area contributed by atoms with Gasteiger partial charge in [-0.3, -0.25) is 4.39 Å². The molecule has 0 heterocycles. The molecule has 0 saturated heterocycles. The van der Waals surface area contributed by atoms with Crippen molar-refractivity contribution in [3.8, 4) is 5.75 Å². The summed E-state index contributed by atoms with van der Waals surface area (Å²) in [5, 5.41) is 9.49. The van der Waals surface area contributed by atoms with Crippen molar-refractivity contribution in [2.24, 2.45) is 5.73 Å². The van der Waals surface area contributed by atoms with Crippen LogP contribution in [0.15, 0.2) is 18.2 Å². The fraction of sp³-hybridized carbons (Fsp3) is 0.400. The van der Waals surface area contributed by atoms with Gasteiger partial charge in [-0.25, -0.2) is 0 Å². The molecule has 0 amide bonds. The minimum atomic E-state index is -0.464.